The summed E-state index contributed by atoms with van der Waals surface area (Å²) in [5.41, 5.74) is 1.01. The van der Waals surface area contributed by atoms with Gasteiger partial charge in [0.25, 0.3) is 5.91 Å². The zero-order valence-corrected chi connectivity index (χ0v) is 16.2. The molecule has 3 rings (SSSR count). The SMILES string of the molecule is COc1cccc(NC(=O)[C@H](OC(=O)COc2ccc(F)cc2)c2ccccc2)c1. The lowest BCUT2D eigenvalue weighted by molar-refractivity contribution is -0.156. The van der Waals surface area contributed by atoms with Gasteiger partial charge in [0.1, 0.15) is 17.3 Å². The number of benzene rings is 3. The standard InChI is InChI=1S/C23H20FNO5/c1-28-20-9-5-8-18(14-20)25-23(27)22(16-6-3-2-4-7-16)30-21(26)15-29-19-12-10-17(24)11-13-19/h2-14,22H,15H2,1H3,(H,25,27)/t22-/m1/s1. The molecule has 0 unspecified atom stereocenters. The van der Waals surface area contributed by atoms with Crippen LogP contribution in [-0.4, -0.2) is 25.6 Å². The quantitative estimate of drug-likeness (QED) is 0.566. The Morgan fingerprint density at radius 1 is 0.933 bits per heavy atom. The number of hydrogen-bond acceptors (Lipinski definition) is 5. The van der Waals surface area contributed by atoms with Crippen molar-refractivity contribution in [1.82, 2.24) is 0 Å². The predicted octanol–water partition coefficient (Wildman–Crippen LogP) is 4.14. The summed E-state index contributed by atoms with van der Waals surface area (Å²) in [5, 5.41) is 2.72. The number of methoxy groups -OCH3 is 1. The largest absolute Gasteiger partial charge is 0.497 e. The Bertz CT molecular complexity index is 992. The van der Waals surface area contributed by atoms with Crippen LogP contribution in [0.5, 0.6) is 11.5 Å². The molecule has 3 aromatic carbocycles. The summed E-state index contributed by atoms with van der Waals surface area (Å²) in [6, 6.07) is 20.7. The molecule has 0 aliphatic carbocycles. The van der Waals surface area contributed by atoms with E-state index in [2.05, 4.69) is 5.32 Å². The number of ether oxygens (including phenoxy) is 3. The molecular formula is C23H20FNO5. The van der Waals surface area contributed by atoms with Crippen LogP contribution in [-0.2, 0) is 14.3 Å². The number of hydrogen-bond donors (Lipinski definition) is 1. The molecule has 0 heterocycles. The molecule has 6 nitrogen and oxygen atoms in total. The maximum atomic E-state index is 13.0. The molecule has 1 amide bonds. The van der Waals surface area contributed by atoms with Crippen molar-refractivity contribution in [2.45, 2.75) is 6.10 Å². The Hall–Kier alpha value is -3.87. The molecular weight excluding hydrogens is 389 g/mol. The second-order valence-electron chi connectivity index (χ2n) is 6.24. The van der Waals surface area contributed by atoms with E-state index in [1.165, 1.54) is 31.4 Å². The summed E-state index contributed by atoms with van der Waals surface area (Å²) in [4.78, 5) is 25.2. The van der Waals surface area contributed by atoms with Crippen LogP contribution >= 0.6 is 0 Å². The van der Waals surface area contributed by atoms with E-state index in [9.17, 15) is 14.0 Å². The van der Waals surface area contributed by atoms with E-state index in [1.54, 1.807) is 54.6 Å². The van der Waals surface area contributed by atoms with Crippen molar-refractivity contribution in [3.63, 3.8) is 0 Å². The molecule has 0 saturated heterocycles. The summed E-state index contributed by atoms with van der Waals surface area (Å²) in [5.74, 6) is -0.791. The molecule has 0 aromatic heterocycles. The van der Waals surface area contributed by atoms with E-state index in [1.807, 2.05) is 0 Å². The van der Waals surface area contributed by atoms with E-state index in [0.717, 1.165) is 0 Å². The first-order valence-electron chi connectivity index (χ1n) is 9.13. The Kier molecular flexibility index (Phi) is 7.00. The van der Waals surface area contributed by atoms with Crippen LogP contribution in [0.1, 0.15) is 11.7 Å². The summed E-state index contributed by atoms with van der Waals surface area (Å²) >= 11 is 0. The molecule has 0 fully saturated rings. The molecule has 1 N–H and O–H groups in total. The van der Waals surface area contributed by atoms with Crippen molar-refractivity contribution in [1.29, 1.82) is 0 Å². The van der Waals surface area contributed by atoms with Gasteiger partial charge in [-0.1, -0.05) is 36.4 Å². The third-order valence-corrected chi connectivity index (χ3v) is 4.10. The number of amides is 1. The van der Waals surface area contributed by atoms with Crippen molar-refractivity contribution < 1.29 is 28.2 Å². The first-order valence-corrected chi connectivity index (χ1v) is 9.13. The van der Waals surface area contributed by atoms with Crippen molar-refractivity contribution in [2.24, 2.45) is 0 Å². The topological polar surface area (TPSA) is 73.9 Å². The van der Waals surface area contributed by atoms with Gasteiger partial charge in [0.15, 0.2) is 6.61 Å². The fraction of sp³-hybridized carbons (Fsp3) is 0.130. The number of rotatable bonds is 8. The van der Waals surface area contributed by atoms with Crippen LogP contribution in [0.3, 0.4) is 0 Å². The molecule has 30 heavy (non-hydrogen) atoms. The zero-order chi connectivity index (χ0) is 21.3. The zero-order valence-electron chi connectivity index (χ0n) is 16.2. The molecule has 7 heteroatoms. The van der Waals surface area contributed by atoms with Crippen molar-refractivity contribution >= 4 is 17.6 Å². The van der Waals surface area contributed by atoms with Crippen LogP contribution in [0.4, 0.5) is 10.1 Å². The number of nitrogens with one attached hydrogen (secondary N) is 1. The average molecular weight is 409 g/mol. The third kappa shape index (κ3) is 5.81. The van der Waals surface area contributed by atoms with Gasteiger partial charge in [0.05, 0.1) is 7.11 Å². The van der Waals surface area contributed by atoms with Gasteiger partial charge in [-0.25, -0.2) is 9.18 Å². The Labute approximate surface area is 173 Å². The number of carbonyl (C=O) groups excluding carboxylic acids is 2. The lowest BCUT2D eigenvalue weighted by Crippen LogP contribution is -2.28. The van der Waals surface area contributed by atoms with Crippen LogP contribution in [0, 0.1) is 5.82 Å². The molecule has 0 aliphatic heterocycles. The van der Waals surface area contributed by atoms with E-state index in [-0.39, 0.29) is 0 Å². The van der Waals surface area contributed by atoms with Gasteiger partial charge in [-0.15, -0.1) is 0 Å². The molecule has 0 aliphatic rings. The third-order valence-electron chi connectivity index (χ3n) is 4.10. The van der Waals surface area contributed by atoms with E-state index in [4.69, 9.17) is 14.2 Å². The second kappa shape index (κ2) is 10.1. The molecule has 1 atom stereocenters. The molecule has 0 saturated carbocycles. The number of halogens is 1. The Morgan fingerprint density at radius 2 is 1.67 bits per heavy atom. The van der Waals surface area contributed by atoms with Gasteiger partial charge in [-0.3, -0.25) is 4.79 Å². The Balaban J connectivity index is 1.69. The monoisotopic (exact) mass is 409 g/mol. The lowest BCUT2D eigenvalue weighted by Gasteiger charge is -2.18. The maximum absolute atomic E-state index is 13.0. The fourth-order valence-corrected chi connectivity index (χ4v) is 2.65. The van der Waals surface area contributed by atoms with Crippen molar-refractivity contribution in [3.8, 4) is 11.5 Å². The minimum absolute atomic E-state index is 0.311. The van der Waals surface area contributed by atoms with Crippen molar-refractivity contribution in [3.05, 3.63) is 90.2 Å². The van der Waals surface area contributed by atoms with E-state index < -0.39 is 30.4 Å². The highest BCUT2D eigenvalue weighted by Crippen LogP contribution is 2.22. The number of anilines is 1. The predicted molar refractivity (Wildman–Crippen MR) is 109 cm³/mol. The molecule has 0 spiro atoms. The highest BCUT2D eigenvalue weighted by atomic mass is 19.1. The van der Waals surface area contributed by atoms with Gasteiger partial charge in [-0.2, -0.15) is 0 Å². The van der Waals surface area contributed by atoms with Crippen LogP contribution in [0.15, 0.2) is 78.9 Å². The summed E-state index contributed by atoms with van der Waals surface area (Å²) in [6.07, 6.45) is -1.18. The minimum atomic E-state index is -1.18. The normalized spacial score (nSPS) is 11.3. The highest BCUT2D eigenvalue weighted by Gasteiger charge is 2.25. The summed E-state index contributed by atoms with van der Waals surface area (Å²) in [7, 11) is 1.52. The molecule has 0 radical (unpaired) electrons. The first kappa shape index (κ1) is 20.9. The summed E-state index contributed by atoms with van der Waals surface area (Å²) in [6.45, 7) is -0.429. The number of carbonyl (C=O) groups is 2. The lowest BCUT2D eigenvalue weighted by atomic mass is 10.1. The molecule has 154 valence electrons. The average Bonchev–Trinajstić information content (AvgIpc) is 2.77. The smallest absolute Gasteiger partial charge is 0.345 e. The van der Waals surface area contributed by atoms with E-state index >= 15 is 0 Å². The minimum Gasteiger partial charge on any atom is -0.497 e. The number of esters is 1. The van der Waals surface area contributed by atoms with Crippen LogP contribution < -0.4 is 14.8 Å². The van der Waals surface area contributed by atoms with Crippen LogP contribution in [0.25, 0.3) is 0 Å². The van der Waals surface area contributed by atoms with Gasteiger partial charge >= 0.3 is 5.97 Å². The van der Waals surface area contributed by atoms with Gasteiger partial charge in [0.2, 0.25) is 6.10 Å². The highest BCUT2D eigenvalue weighted by molar-refractivity contribution is 5.96. The van der Waals surface area contributed by atoms with Crippen molar-refractivity contribution in [2.75, 3.05) is 19.0 Å². The van der Waals surface area contributed by atoms with E-state index in [0.29, 0.717) is 22.7 Å². The van der Waals surface area contributed by atoms with Gasteiger partial charge in [0, 0.05) is 17.3 Å². The van der Waals surface area contributed by atoms with Gasteiger partial charge in [-0.05, 0) is 36.4 Å². The maximum Gasteiger partial charge on any atom is 0.345 e. The molecule has 0 bridgehead atoms. The summed E-state index contributed by atoms with van der Waals surface area (Å²) < 4.78 is 28.8. The van der Waals surface area contributed by atoms with Crippen LogP contribution in [0.2, 0.25) is 0 Å². The Morgan fingerprint density at radius 3 is 2.37 bits per heavy atom. The molecule has 3 aromatic rings. The fourth-order valence-electron chi connectivity index (χ4n) is 2.65. The second-order valence-corrected chi connectivity index (χ2v) is 6.24. The first-order chi connectivity index (χ1) is 14.5. The van der Waals surface area contributed by atoms with Gasteiger partial charge < -0.3 is 19.5 Å².